The van der Waals surface area contributed by atoms with E-state index in [1.807, 2.05) is 0 Å². The average molecular weight is 317 g/mol. The summed E-state index contributed by atoms with van der Waals surface area (Å²) in [6.45, 7) is 2.47. The number of nitrogens with one attached hydrogen (secondary N) is 1. The molecule has 0 aliphatic carbocycles. The van der Waals surface area contributed by atoms with Crippen molar-refractivity contribution in [3.63, 3.8) is 0 Å². The second-order valence-corrected chi connectivity index (χ2v) is 5.53. The van der Waals surface area contributed by atoms with Crippen molar-refractivity contribution in [3.8, 4) is 0 Å². The van der Waals surface area contributed by atoms with Gasteiger partial charge in [0.2, 0.25) is 5.91 Å². The maximum absolute atomic E-state index is 12.9. The molecule has 3 rings (SSSR count). The Morgan fingerprint density at radius 3 is 2.83 bits per heavy atom. The Bertz CT molecular complexity index is 726. The van der Waals surface area contributed by atoms with E-state index in [0.717, 1.165) is 5.56 Å². The topological polar surface area (TPSA) is 75.4 Å². The van der Waals surface area contributed by atoms with E-state index in [1.165, 1.54) is 18.5 Å². The third-order valence-electron chi connectivity index (χ3n) is 3.80. The smallest absolute Gasteiger partial charge is 0.273 e. The van der Waals surface area contributed by atoms with Crippen molar-refractivity contribution in [3.05, 3.63) is 53.5 Å². The van der Waals surface area contributed by atoms with Gasteiger partial charge in [0, 0.05) is 19.5 Å². The second-order valence-electron chi connectivity index (χ2n) is 5.53. The zero-order chi connectivity index (χ0) is 16.4. The number of oxazole rings is 1. The van der Waals surface area contributed by atoms with Gasteiger partial charge in [0.15, 0.2) is 12.1 Å². The molecule has 1 aliphatic heterocycles. The van der Waals surface area contributed by atoms with Crippen LogP contribution in [0, 0.1) is 12.7 Å². The molecule has 0 spiro atoms. The van der Waals surface area contributed by atoms with Crippen LogP contribution < -0.4 is 5.32 Å². The lowest BCUT2D eigenvalue weighted by Crippen LogP contribution is -2.37. The number of aryl methyl sites for hydroxylation is 1. The van der Waals surface area contributed by atoms with Crippen LogP contribution in [0.4, 0.5) is 4.39 Å². The summed E-state index contributed by atoms with van der Waals surface area (Å²) in [6, 6.07) is 5.75. The number of carbonyl (C=O) groups is 2. The van der Waals surface area contributed by atoms with Crippen LogP contribution in [0.2, 0.25) is 0 Å². The molecule has 1 aromatic heterocycles. The van der Waals surface area contributed by atoms with Crippen LogP contribution in [0.25, 0.3) is 0 Å². The minimum atomic E-state index is -0.349. The van der Waals surface area contributed by atoms with Gasteiger partial charge in [-0.15, -0.1) is 0 Å². The summed E-state index contributed by atoms with van der Waals surface area (Å²) < 4.78 is 17.9. The quantitative estimate of drug-likeness (QED) is 0.930. The molecule has 2 heterocycles. The minimum absolute atomic E-state index is 0.0449. The summed E-state index contributed by atoms with van der Waals surface area (Å²) in [7, 11) is 0. The molecule has 120 valence electrons. The van der Waals surface area contributed by atoms with E-state index < -0.39 is 0 Å². The Morgan fingerprint density at radius 2 is 2.17 bits per heavy atom. The summed E-state index contributed by atoms with van der Waals surface area (Å²) in [5.74, 6) is -0.265. The van der Waals surface area contributed by atoms with Crippen LogP contribution in [-0.2, 0) is 11.3 Å². The number of aromatic nitrogens is 1. The lowest BCUT2D eigenvalue weighted by molar-refractivity contribution is -0.128. The Hall–Kier alpha value is -2.70. The highest BCUT2D eigenvalue weighted by Crippen LogP contribution is 2.16. The van der Waals surface area contributed by atoms with Crippen molar-refractivity contribution in [2.24, 2.45) is 0 Å². The molecular formula is C16H16FN3O3. The van der Waals surface area contributed by atoms with Gasteiger partial charge in [-0.05, 0) is 24.6 Å². The van der Waals surface area contributed by atoms with Crippen LogP contribution in [0.3, 0.4) is 0 Å². The average Bonchev–Trinajstić information content (AvgIpc) is 3.08. The Kier molecular flexibility index (Phi) is 4.10. The van der Waals surface area contributed by atoms with E-state index in [-0.39, 0.29) is 35.8 Å². The Morgan fingerprint density at radius 1 is 1.43 bits per heavy atom. The number of amides is 2. The van der Waals surface area contributed by atoms with E-state index in [0.29, 0.717) is 18.8 Å². The molecular weight excluding hydrogens is 301 g/mol. The van der Waals surface area contributed by atoms with E-state index in [1.54, 1.807) is 24.0 Å². The van der Waals surface area contributed by atoms with Crippen molar-refractivity contribution in [1.82, 2.24) is 15.2 Å². The molecule has 0 bridgehead atoms. The first-order chi connectivity index (χ1) is 11.0. The molecule has 23 heavy (non-hydrogen) atoms. The summed E-state index contributed by atoms with van der Waals surface area (Å²) in [5, 5.41) is 2.79. The van der Waals surface area contributed by atoms with Gasteiger partial charge in [-0.3, -0.25) is 9.59 Å². The van der Waals surface area contributed by atoms with Crippen LogP contribution >= 0.6 is 0 Å². The van der Waals surface area contributed by atoms with Gasteiger partial charge < -0.3 is 14.6 Å². The highest BCUT2D eigenvalue weighted by Gasteiger charge is 2.31. The van der Waals surface area contributed by atoms with E-state index >= 15 is 0 Å². The lowest BCUT2D eigenvalue weighted by atomic mass is 10.2. The standard InChI is InChI=1S/C16H16FN3O3/c1-10-15(18-9-23-10)16(22)19-13-6-14(21)20(8-13)7-11-2-4-12(17)5-3-11/h2-5,9,13H,6-8H2,1H3,(H,19,22)/t13-/m1/s1. The first-order valence-corrected chi connectivity index (χ1v) is 7.26. The molecule has 0 unspecified atom stereocenters. The fourth-order valence-electron chi connectivity index (χ4n) is 2.61. The highest BCUT2D eigenvalue weighted by atomic mass is 19.1. The van der Waals surface area contributed by atoms with Crippen molar-refractivity contribution in [1.29, 1.82) is 0 Å². The number of carbonyl (C=O) groups excluding carboxylic acids is 2. The van der Waals surface area contributed by atoms with Gasteiger partial charge in [0.25, 0.3) is 5.91 Å². The molecule has 1 aliphatic rings. The molecule has 0 radical (unpaired) electrons. The zero-order valence-electron chi connectivity index (χ0n) is 12.6. The first-order valence-electron chi connectivity index (χ1n) is 7.26. The minimum Gasteiger partial charge on any atom is -0.448 e. The summed E-state index contributed by atoms with van der Waals surface area (Å²) >= 11 is 0. The number of benzene rings is 1. The summed E-state index contributed by atoms with van der Waals surface area (Å²) in [5.41, 5.74) is 1.08. The molecule has 1 saturated heterocycles. The molecule has 0 saturated carbocycles. The van der Waals surface area contributed by atoms with Crippen LogP contribution in [0.1, 0.15) is 28.2 Å². The van der Waals surface area contributed by atoms with Gasteiger partial charge in [-0.1, -0.05) is 12.1 Å². The number of rotatable bonds is 4. The van der Waals surface area contributed by atoms with Crippen molar-refractivity contribution in [2.75, 3.05) is 6.54 Å². The Labute approximate surface area is 132 Å². The van der Waals surface area contributed by atoms with Crippen molar-refractivity contribution >= 4 is 11.8 Å². The van der Waals surface area contributed by atoms with E-state index in [2.05, 4.69) is 10.3 Å². The monoisotopic (exact) mass is 317 g/mol. The van der Waals surface area contributed by atoms with E-state index in [4.69, 9.17) is 4.42 Å². The normalized spacial score (nSPS) is 17.6. The molecule has 1 atom stereocenters. The third-order valence-corrected chi connectivity index (χ3v) is 3.80. The fourth-order valence-corrected chi connectivity index (χ4v) is 2.61. The molecule has 2 amide bonds. The molecule has 7 heteroatoms. The third kappa shape index (κ3) is 3.39. The van der Waals surface area contributed by atoms with Crippen LogP contribution in [-0.4, -0.2) is 34.3 Å². The van der Waals surface area contributed by atoms with Crippen molar-refractivity contribution in [2.45, 2.75) is 25.9 Å². The summed E-state index contributed by atoms with van der Waals surface area (Å²) in [4.78, 5) is 29.6. The molecule has 2 aromatic rings. The molecule has 1 aromatic carbocycles. The molecule has 1 fully saturated rings. The van der Waals surface area contributed by atoms with E-state index in [9.17, 15) is 14.0 Å². The fraction of sp³-hybridized carbons (Fsp3) is 0.312. The largest absolute Gasteiger partial charge is 0.448 e. The van der Waals surface area contributed by atoms with Gasteiger partial charge in [-0.2, -0.15) is 0 Å². The highest BCUT2D eigenvalue weighted by molar-refractivity contribution is 5.94. The number of hydrogen-bond acceptors (Lipinski definition) is 4. The number of halogens is 1. The maximum atomic E-state index is 12.9. The SMILES string of the molecule is Cc1ocnc1C(=O)N[C@@H]1CC(=O)N(Cc2ccc(F)cc2)C1. The lowest BCUT2D eigenvalue weighted by Gasteiger charge is -2.17. The molecule has 1 N–H and O–H groups in total. The van der Waals surface area contributed by atoms with Gasteiger partial charge in [-0.25, -0.2) is 9.37 Å². The number of hydrogen-bond donors (Lipinski definition) is 1. The van der Waals surface area contributed by atoms with Gasteiger partial charge in [0.05, 0.1) is 6.04 Å². The van der Waals surface area contributed by atoms with Crippen LogP contribution in [0.5, 0.6) is 0 Å². The maximum Gasteiger partial charge on any atom is 0.273 e. The number of nitrogens with zero attached hydrogens (tertiary/aromatic N) is 2. The number of likely N-dealkylation sites (tertiary alicyclic amines) is 1. The van der Waals surface area contributed by atoms with Gasteiger partial charge in [0.1, 0.15) is 11.6 Å². The predicted octanol–water partition coefficient (Wildman–Crippen LogP) is 1.65. The Balaban J connectivity index is 1.60. The first kappa shape index (κ1) is 15.2. The van der Waals surface area contributed by atoms with Gasteiger partial charge >= 0.3 is 0 Å². The van der Waals surface area contributed by atoms with Crippen LogP contribution in [0.15, 0.2) is 35.1 Å². The van der Waals surface area contributed by atoms with Crippen molar-refractivity contribution < 1.29 is 18.4 Å². The second kappa shape index (κ2) is 6.20. The zero-order valence-corrected chi connectivity index (χ0v) is 12.6. The molecule has 6 nitrogen and oxygen atoms in total. The summed E-state index contributed by atoms with van der Waals surface area (Å²) in [6.07, 6.45) is 1.45. The predicted molar refractivity (Wildman–Crippen MR) is 78.9 cm³/mol.